The summed E-state index contributed by atoms with van der Waals surface area (Å²) in [5, 5.41) is 23.8. The van der Waals surface area contributed by atoms with Crippen LogP contribution in [0.5, 0.6) is 0 Å². The number of halogens is 1. The summed E-state index contributed by atoms with van der Waals surface area (Å²) < 4.78 is 1.78. The highest BCUT2D eigenvalue weighted by Gasteiger charge is 2.42. The molecule has 4 aromatic rings. The average molecular weight is 463 g/mol. The smallest absolute Gasteiger partial charge is 0.252 e. The summed E-state index contributed by atoms with van der Waals surface area (Å²) in [6.45, 7) is 1.16. The molecule has 3 N–H and O–H groups in total. The maximum atomic E-state index is 13.3. The van der Waals surface area contributed by atoms with Gasteiger partial charge in [0.15, 0.2) is 0 Å². The molecule has 0 unspecified atom stereocenters. The molecule has 0 saturated carbocycles. The Balaban J connectivity index is 0.00000259. The number of carbonyl (C=O) groups excluding carboxylic acids is 1. The van der Waals surface area contributed by atoms with Gasteiger partial charge in [0.25, 0.3) is 5.91 Å². The lowest BCUT2D eigenvalue weighted by Gasteiger charge is -2.43. The van der Waals surface area contributed by atoms with Crippen LogP contribution < -0.4 is 10.6 Å². The number of aryl methyl sites for hydroxylation is 1. The first kappa shape index (κ1) is 23.0. The van der Waals surface area contributed by atoms with E-state index in [9.17, 15) is 9.90 Å². The summed E-state index contributed by atoms with van der Waals surface area (Å²) in [6, 6.07) is 23.6. The van der Waals surface area contributed by atoms with Crippen LogP contribution in [0, 0.1) is 0 Å². The number of hydrogen-bond donors (Lipinski definition) is 3. The third-order valence-corrected chi connectivity index (χ3v) is 6.34. The normalized spacial score (nSPS) is 20.2. The lowest BCUT2D eigenvalue weighted by molar-refractivity contribution is 0.0290. The lowest BCUT2D eigenvalue weighted by Crippen LogP contribution is -2.61. The maximum absolute atomic E-state index is 13.3. The molecule has 0 bridgehead atoms. The van der Waals surface area contributed by atoms with E-state index in [2.05, 4.69) is 21.8 Å². The van der Waals surface area contributed by atoms with Crippen LogP contribution in [-0.4, -0.2) is 40.0 Å². The van der Waals surface area contributed by atoms with Gasteiger partial charge in [0, 0.05) is 30.9 Å². The fourth-order valence-corrected chi connectivity index (χ4v) is 4.55. The number of aliphatic hydroxyl groups excluding tert-OH is 1. The van der Waals surface area contributed by atoms with E-state index in [4.69, 9.17) is 0 Å². The van der Waals surface area contributed by atoms with Crippen LogP contribution in [-0.2, 0) is 12.6 Å². The molecular formula is C26H27ClN4O2. The predicted molar refractivity (Wildman–Crippen MR) is 132 cm³/mol. The van der Waals surface area contributed by atoms with Crippen molar-refractivity contribution in [1.29, 1.82) is 0 Å². The Hall–Kier alpha value is -3.19. The molecule has 1 aromatic heterocycles. The highest BCUT2D eigenvalue weighted by molar-refractivity contribution is 5.99. The van der Waals surface area contributed by atoms with Crippen molar-refractivity contribution in [3.63, 3.8) is 0 Å². The second-order valence-electron chi connectivity index (χ2n) is 8.41. The molecule has 5 rings (SSSR count). The van der Waals surface area contributed by atoms with Crippen molar-refractivity contribution < 1.29 is 9.90 Å². The van der Waals surface area contributed by atoms with Crippen molar-refractivity contribution in [1.82, 2.24) is 20.4 Å². The Morgan fingerprint density at radius 3 is 2.58 bits per heavy atom. The van der Waals surface area contributed by atoms with Gasteiger partial charge >= 0.3 is 0 Å². The van der Waals surface area contributed by atoms with Gasteiger partial charge in [-0.1, -0.05) is 48.5 Å². The number of piperidine rings is 1. The average Bonchev–Trinajstić information content (AvgIpc) is 3.26. The number of benzene rings is 3. The van der Waals surface area contributed by atoms with Crippen molar-refractivity contribution in [3.8, 4) is 11.3 Å². The second-order valence-corrected chi connectivity index (χ2v) is 8.41. The zero-order valence-electron chi connectivity index (χ0n) is 18.4. The maximum Gasteiger partial charge on any atom is 0.252 e. The molecule has 1 saturated heterocycles. The molecule has 0 spiro atoms. The van der Waals surface area contributed by atoms with Crippen molar-refractivity contribution >= 4 is 29.1 Å². The topological polar surface area (TPSA) is 79.2 Å². The SMILES string of the molecule is Cl.Cn1ccc(-c2ccc3cc(C(=O)N[C@]4(c5ccccc5)CCNC[C@H]4O)ccc3c2)n1. The summed E-state index contributed by atoms with van der Waals surface area (Å²) in [6.07, 6.45) is 1.82. The third-order valence-electron chi connectivity index (χ3n) is 6.34. The van der Waals surface area contributed by atoms with Gasteiger partial charge in [-0.15, -0.1) is 12.4 Å². The number of rotatable bonds is 4. The molecule has 2 heterocycles. The Morgan fingerprint density at radius 2 is 1.85 bits per heavy atom. The van der Waals surface area contributed by atoms with Gasteiger partial charge in [-0.2, -0.15) is 5.10 Å². The van der Waals surface area contributed by atoms with E-state index < -0.39 is 11.6 Å². The van der Waals surface area contributed by atoms with E-state index in [0.717, 1.165) is 34.1 Å². The highest BCUT2D eigenvalue weighted by Crippen LogP contribution is 2.32. The summed E-state index contributed by atoms with van der Waals surface area (Å²) in [5.74, 6) is -0.189. The summed E-state index contributed by atoms with van der Waals surface area (Å²) in [5.41, 5.74) is 2.63. The Morgan fingerprint density at radius 1 is 1.09 bits per heavy atom. The largest absolute Gasteiger partial charge is 0.389 e. The number of hydrogen-bond acceptors (Lipinski definition) is 4. The lowest BCUT2D eigenvalue weighted by atomic mass is 9.79. The van der Waals surface area contributed by atoms with Crippen LogP contribution in [0.15, 0.2) is 79.0 Å². The van der Waals surface area contributed by atoms with E-state index in [0.29, 0.717) is 18.5 Å². The monoisotopic (exact) mass is 462 g/mol. The van der Waals surface area contributed by atoms with Crippen LogP contribution in [0.2, 0.25) is 0 Å². The molecule has 6 nitrogen and oxygen atoms in total. The molecule has 0 radical (unpaired) electrons. The first-order valence-electron chi connectivity index (χ1n) is 10.9. The predicted octanol–water partition coefficient (Wildman–Crippen LogP) is 3.64. The minimum Gasteiger partial charge on any atom is -0.389 e. The van der Waals surface area contributed by atoms with Crippen molar-refractivity contribution in [3.05, 3.63) is 90.1 Å². The van der Waals surface area contributed by atoms with Gasteiger partial charge in [0.1, 0.15) is 0 Å². The minimum atomic E-state index is -0.818. The van der Waals surface area contributed by atoms with Crippen LogP contribution in [0.1, 0.15) is 22.3 Å². The molecule has 1 fully saturated rings. The van der Waals surface area contributed by atoms with E-state index in [1.54, 1.807) is 4.68 Å². The second kappa shape index (κ2) is 9.35. The molecule has 33 heavy (non-hydrogen) atoms. The number of fused-ring (bicyclic) bond motifs is 1. The standard InChI is InChI=1S/C26H26N4O2.ClH/c1-30-14-11-23(29-30)20-9-7-19-16-21(10-8-18(19)15-20)25(32)28-26(12-13-27-17-24(26)31)22-5-3-2-4-6-22;/h2-11,14-16,24,27,31H,12-13,17H2,1H3,(H,28,32);1H/t24-,26+;/m1./s1. The quantitative estimate of drug-likeness (QED) is 0.432. The number of carbonyl (C=O) groups is 1. The molecule has 7 heteroatoms. The van der Waals surface area contributed by atoms with E-state index in [-0.39, 0.29) is 18.3 Å². The van der Waals surface area contributed by atoms with Gasteiger partial charge in [0.2, 0.25) is 0 Å². The van der Waals surface area contributed by atoms with E-state index >= 15 is 0 Å². The number of nitrogens with zero attached hydrogens (tertiary/aromatic N) is 2. The summed E-state index contributed by atoms with van der Waals surface area (Å²) in [4.78, 5) is 13.3. The Kier molecular flexibility index (Phi) is 6.51. The van der Waals surface area contributed by atoms with Crippen LogP contribution >= 0.6 is 12.4 Å². The Labute approximate surface area is 199 Å². The summed E-state index contributed by atoms with van der Waals surface area (Å²) in [7, 11) is 1.90. The molecule has 1 aliphatic heterocycles. The van der Waals surface area contributed by atoms with Crippen LogP contribution in [0.4, 0.5) is 0 Å². The van der Waals surface area contributed by atoms with Crippen LogP contribution in [0.25, 0.3) is 22.0 Å². The van der Waals surface area contributed by atoms with Gasteiger partial charge in [-0.25, -0.2) is 0 Å². The van der Waals surface area contributed by atoms with Gasteiger partial charge in [0.05, 0.1) is 17.3 Å². The zero-order chi connectivity index (χ0) is 22.1. The van der Waals surface area contributed by atoms with Gasteiger partial charge < -0.3 is 15.7 Å². The highest BCUT2D eigenvalue weighted by atomic mass is 35.5. The van der Waals surface area contributed by atoms with Crippen molar-refractivity contribution in [2.75, 3.05) is 13.1 Å². The van der Waals surface area contributed by atoms with Gasteiger partial charge in [-0.3, -0.25) is 9.48 Å². The number of nitrogens with one attached hydrogen (secondary N) is 2. The minimum absolute atomic E-state index is 0. The molecule has 2 atom stereocenters. The zero-order valence-corrected chi connectivity index (χ0v) is 19.2. The van der Waals surface area contributed by atoms with Crippen LogP contribution in [0.3, 0.4) is 0 Å². The first-order valence-corrected chi connectivity index (χ1v) is 10.9. The molecule has 3 aromatic carbocycles. The molecule has 1 amide bonds. The number of amides is 1. The van der Waals surface area contributed by atoms with Crippen molar-refractivity contribution in [2.24, 2.45) is 7.05 Å². The molecule has 170 valence electrons. The first-order chi connectivity index (χ1) is 15.5. The fourth-order valence-electron chi connectivity index (χ4n) is 4.55. The Bertz CT molecular complexity index is 1270. The van der Waals surface area contributed by atoms with E-state index in [1.807, 2.05) is 80.0 Å². The van der Waals surface area contributed by atoms with E-state index in [1.165, 1.54) is 0 Å². The summed E-state index contributed by atoms with van der Waals surface area (Å²) >= 11 is 0. The van der Waals surface area contributed by atoms with Crippen molar-refractivity contribution in [2.45, 2.75) is 18.1 Å². The molecule has 0 aliphatic carbocycles. The molecule has 1 aliphatic rings. The number of β-amino-alcohol motifs (C(OH)–C–C–N with tert-alkyl or cyclic N) is 1. The molecular weight excluding hydrogens is 436 g/mol. The number of aliphatic hydroxyl groups is 1. The van der Waals surface area contributed by atoms with Gasteiger partial charge in [-0.05, 0) is 53.6 Å². The fraction of sp³-hybridized carbons (Fsp3) is 0.231. The third kappa shape index (κ3) is 4.37. The number of aromatic nitrogens is 2.